The van der Waals surface area contributed by atoms with Crippen molar-refractivity contribution in [3.8, 4) is 0 Å². The second-order valence-electron chi connectivity index (χ2n) is 6.56. The molecule has 11 heteroatoms. The van der Waals surface area contributed by atoms with Crippen molar-refractivity contribution in [2.45, 2.75) is 0 Å². The highest BCUT2D eigenvalue weighted by atomic mass is 35.5. The summed E-state index contributed by atoms with van der Waals surface area (Å²) in [4.78, 5) is 16.8. The fourth-order valence-electron chi connectivity index (χ4n) is 2.83. The van der Waals surface area contributed by atoms with E-state index < -0.39 is 29.2 Å². The molecule has 0 spiro atoms. The first-order valence-electron chi connectivity index (χ1n) is 9.00. The molecule has 1 aromatic heterocycles. The highest BCUT2D eigenvalue weighted by molar-refractivity contribution is 6.31. The molecule has 162 valence electrons. The monoisotopic (exact) mass is 461 g/mol. The number of fused-ring (bicyclic) bond motifs is 1. The van der Waals surface area contributed by atoms with Gasteiger partial charge in [-0.1, -0.05) is 11.6 Å². The number of nitrogens with one attached hydrogen (secondary N) is 3. The number of hydrogen-bond acceptors (Lipinski definition) is 3. The van der Waals surface area contributed by atoms with E-state index in [9.17, 15) is 22.4 Å². The van der Waals surface area contributed by atoms with Crippen molar-refractivity contribution in [3.63, 3.8) is 0 Å². The van der Waals surface area contributed by atoms with E-state index in [-0.39, 0.29) is 28.1 Å². The molecule has 0 aliphatic carbocycles. The third-order valence-electron chi connectivity index (χ3n) is 4.26. The van der Waals surface area contributed by atoms with E-state index in [0.29, 0.717) is 17.0 Å². The SMILES string of the molecule is O=C(NC(=Nc1n[nH]c2ccc(F)cc12)Nc1cc(F)cc(Cl)c1)c1ccc(F)c(F)c1. The van der Waals surface area contributed by atoms with Crippen LogP contribution in [0.5, 0.6) is 0 Å². The number of amides is 1. The number of rotatable bonds is 3. The Kier molecular flexibility index (Phi) is 5.78. The summed E-state index contributed by atoms with van der Waals surface area (Å²) >= 11 is 5.86. The Labute approximate surface area is 182 Å². The highest BCUT2D eigenvalue weighted by Crippen LogP contribution is 2.24. The van der Waals surface area contributed by atoms with Gasteiger partial charge in [0.2, 0.25) is 5.96 Å². The third-order valence-corrected chi connectivity index (χ3v) is 4.48. The maximum absolute atomic E-state index is 13.7. The minimum Gasteiger partial charge on any atom is -0.325 e. The fourth-order valence-corrected chi connectivity index (χ4v) is 3.05. The summed E-state index contributed by atoms with van der Waals surface area (Å²) in [5.41, 5.74) is 0.407. The molecule has 1 amide bonds. The molecule has 3 aromatic carbocycles. The number of guanidine groups is 1. The number of anilines is 1. The van der Waals surface area contributed by atoms with Crippen LogP contribution in [0.1, 0.15) is 10.4 Å². The van der Waals surface area contributed by atoms with Gasteiger partial charge >= 0.3 is 0 Å². The van der Waals surface area contributed by atoms with Gasteiger partial charge in [0, 0.05) is 21.7 Å². The number of aliphatic imine (C=N–C) groups is 1. The average Bonchev–Trinajstić information content (AvgIpc) is 3.11. The Hall–Kier alpha value is -3.92. The Morgan fingerprint density at radius 2 is 1.75 bits per heavy atom. The number of H-pyrrole nitrogens is 1. The van der Waals surface area contributed by atoms with E-state index >= 15 is 0 Å². The van der Waals surface area contributed by atoms with E-state index in [1.807, 2.05) is 0 Å². The van der Waals surface area contributed by atoms with Gasteiger partial charge < -0.3 is 5.32 Å². The van der Waals surface area contributed by atoms with Gasteiger partial charge in [-0.3, -0.25) is 15.2 Å². The number of halogens is 5. The van der Waals surface area contributed by atoms with Crippen LogP contribution in [-0.4, -0.2) is 22.1 Å². The van der Waals surface area contributed by atoms with Crippen molar-refractivity contribution in [1.82, 2.24) is 15.5 Å². The second kappa shape index (κ2) is 8.67. The van der Waals surface area contributed by atoms with Crippen LogP contribution in [0.2, 0.25) is 5.02 Å². The summed E-state index contributed by atoms with van der Waals surface area (Å²) in [6.45, 7) is 0. The van der Waals surface area contributed by atoms with Crippen molar-refractivity contribution in [1.29, 1.82) is 0 Å². The molecule has 0 bridgehead atoms. The zero-order valence-corrected chi connectivity index (χ0v) is 16.6. The molecule has 4 rings (SSSR count). The summed E-state index contributed by atoms with van der Waals surface area (Å²) < 4.78 is 54.1. The van der Waals surface area contributed by atoms with Gasteiger partial charge in [-0.2, -0.15) is 10.1 Å². The number of benzene rings is 3. The van der Waals surface area contributed by atoms with Gasteiger partial charge in [0.1, 0.15) is 11.6 Å². The summed E-state index contributed by atoms with van der Waals surface area (Å²) in [7, 11) is 0. The summed E-state index contributed by atoms with van der Waals surface area (Å²) in [5, 5.41) is 12.1. The van der Waals surface area contributed by atoms with Gasteiger partial charge in [0.25, 0.3) is 5.91 Å². The smallest absolute Gasteiger partial charge is 0.258 e. The van der Waals surface area contributed by atoms with Crippen molar-refractivity contribution in [2.24, 2.45) is 4.99 Å². The molecule has 3 N–H and O–H groups in total. The lowest BCUT2D eigenvalue weighted by molar-refractivity contribution is 0.0976. The zero-order chi connectivity index (χ0) is 22.8. The minimum atomic E-state index is -1.21. The maximum Gasteiger partial charge on any atom is 0.258 e. The van der Waals surface area contributed by atoms with Crippen molar-refractivity contribution in [2.75, 3.05) is 5.32 Å². The lowest BCUT2D eigenvalue weighted by Gasteiger charge is -2.12. The molecular weight excluding hydrogens is 450 g/mol. The van der Waals surface area contributed by atoms with Crippen molar-refractivity contribution >= 4 is 45.9 Å². The maximum atomic E-state index is 13.7. The van der Waals surface area contributed by atoms with Crippen LogP contribution in [0.4, 0.5) is 29.1 Å². The number of aromatic amines is 1. The predicted molar refractivity (Wildman–Crippen MR) is 112 cm³/mol. The predicted octanol–water partition coefficient (Wildman–Crippen LogP) is 5.30. The van der Waals surface area contributed by atoms with Crippen LogP contribution >= 0.6 is 11.6 Å². The topological polar surface area (TPSA) is 82.2 Å². The molecule has 0 aliphatic rings. The fraction of sp³-hybridized carbons (Fsp3) is 0. The molecule has 0 unspecified atom stereocenters. The molecule has 0 fully saturated rings. The van der Waals surface area contributed by atoms with E-state index in [1.165, 1.54) is 24.3 Å². The van der Waals surface area contributed by atoms with Crippen LogP contribution in [0.3, 0.4) is 0 Å². The molecule has 1 heterocycles. The molecular formula is C21H12ClF4N5O. The van der Waals surface area contributed by atoms with Crippen molar-refractivity contribution in [3.05, 3.63) is 88.5 Å². The number of carbonyl (C=O) groups excluding carboxylic acids is 1. The molecule has 32 heavy (non-hydrogen) atoms. The van der Waals surface area contributed by atoms with Gasteiger partial charge in [-0.25, -0.2) is 17.6 Å². The lowest BCUT2D eigenvalue weighted by atomic mass is 10.2. The van der Waals surface area contributed by atoms with Crippen LogP contribution in [0, 0.1) is 23.3 Å². The molecule has 0 aliphatic heterocycles. The average molecular weight is 462 g/mol. The Morgan fingerprint density at radius 3 is 2.50 bits per heavy atom. The molecule has 4 aromatic rings. The molecule has 0 saturated heterocycles. The summed E-state index contributed by atoms with van der Waals surface area (Å²) in [6.07, 6.45) is 0. The van der Waals surface area contributed by atoms with Crippen LogP contribution in [-0.2, 0) is 0 Å². The van der Waals surface area contributed by atoms with Crippen LogP contribution in [0.15, 0.2) is 59.6 Å². The summed E-state index contributed by atoms with van der Waals surface area (Å²) in [5.74, 6) is -4.60. The minimum absolute atomic E-state index is 0.00934. The normalized spacial score (nSPS) is 11.6. The van der Waals surface area contributed by atoms with E-state index in [2.05, 4.69) is 25.8 Å². The van der Waals surface area contributed by atoms with E-state index in [4.69, 9.17) is 11.6 Å². The Morgan fingerprint density at radius 1 is 0.938 bits per heavy atom. The van der Waals surface area contributed by atoms with Crippen LogP contribution < -0.4 is 10.6 Å². The number of carbonyl (C=O) groups is 1. The zero-order valence-electron chi connectivity index (χ0n) is 15.9. The first kappa shape index (κ1) is 21.3. The third kappa shape index (κ3) is 4.70. The first-order chi connectivity index (χ1) is 15.3. The second-order valence-corrected chi connectivity index (χ2v) is 7.00. The Bertz CT molecular complexity index is 1350. The largest absolute Gasteiger partial charge is 0.325 e. The molecule has 0 radical (unpaired) electrons. The van der Waals surface area contributed by atoms with Gasteiger partial charge in [0.15, 0.2) is 17.5 Å². The number of aromatic nitrogens is 2. The molecule has 0 atom stereocenters. The molecule has 0 saturated carbocycles. The first-order valence-corrected chi connectivity index (χ1v) is 9.38. The lowest BCUT2D eigenvalue weighted by Crippen LogP contribution is -2.36. The molecule has 6 nitrogen and oxygen atoms in total. The van der Waals surface area contributed by atoms with Gasteiger partial charge in [-0.15, -0.1) is 0 Å². The quantitative estimate of drug-likeness (QED) is 0.220. The van der Waals surface area contributed by atoms with E-state index in [0.717, 1.165) is 24.3 Å². The summed E-state index contributed by atoms with van der Waals surface area (Å²) in [6, 6.07) is 9.98. The highest BCUT2D eigenvalue weighted by Gasteiger charge is 2.15. The number of hydrogen-bond donors (Lipinski definition) is 3. The van der Waals surface area contributed by atoms with Gasteiger partial charge in [0.05, 0.1) is 5.52 Å². The van der Waals surface area contributed by atoms with Crippen LogP contribution in [0.25, 0.3) is 10.9 Å². The number of nitrogens with zero attached hydrogens (tertiary/aromatic N) is 2. The van der Waals surface area contributed by atoms with E-state index in [1.54, 1.807) is 0 Å². The standard InChI is InChI=1S/C21H12ClF4N5O/c22-11-6-13(24)8-14(7-11)27-21(29-20(32)10-1-3-16(25)17(26)5-10)28-19-15-9-12(23)2-4-18(15)30-31-19/h1-9H,(H3,27,28,29,30,31,32). The Balaban J connectivity index is 1.73. The van der Waals surface area contributed by atoms with Gasteiger partial charge in [-0.05, 0) is 54.6 Å². The van der Waals surface area contributed by atoms with Crippen molar-refractivity contribution < 1.29 is 22.4 Å².